The van der Waals surface area contributed by atoms with Gasteiger partial charge in [-0.05, 0) is 26.0 Å². The molecule has 1 amide bonds. The number of aromatic nitrogens is 3. The quantitative estimate of drug-likeness (QED) is 0.822. The van der Waals surface area contributed by atoms with Crippen LogP contribution < -0.4 is 4.90 Å². The van der Waals surface area contributed by atoms with Crippen molar-refractivity contribution in [3.63, 3.8) is 0 Å². The summed E-state index contributed by atoms with van der Waals surface area (Å²) < 4.78 is 1.53. The standard InChI is InChI=1S/C13H16N4O/c1-11(2)17(12-6-4-3-5-7-12)13(18)8-16-10-14-9-15-16/h3-7,9-11H,8H2,1-2H3. The Labute approximate surface area is 106 Å². The Balaban J connectivity index is 2.18. The van der Waals surface area contributed by atoms with Crippen LogP contribution in [0.5, 0.6) is 0 Å². The number of hydrogen-bond acceptors (Lipinski definition) is 3. The summed E-state index contributed by atoms with van der Waals surface area (Å²) in [4.78, 5) is 17.9. The van der Waals surface area contributed by atoms with Crippen molar-refractivity contribution in [2.45, 2.75) is 26.4 Å². The molecule has 0 unspecified atom stereocenters. The van der Waals surface area contributed by atoms with E-state index in [4.69, 9.17) is 0 Å². The molecule has 0 radical (unpaired) electrons. The van der Waals surface area contributed by atoms with Gasteiger partial charge in [0.15, 0.2) is 0 Å². The molecule has 0 aliphatic rings. The Morgan fingerprint density at radius 1 is 1.33 bits per heavy atom. The van der Waals surface area contributed by atoms with E-state index in [0.717, 1.165) is 5.69 Å². The Hall–Kier alpha value is -2.17. The fourth-order valence-electron chi connectivity index (χ4n) is 1.85. The Kier molecular flexibility index (Phi) is 3.72. The van der Waals surface area contributed by atoms with Crippen molar-refractivity contribution in [1.82, 2.24) is 14.8 Å². The van der Waals surface area contributed by atoms with Gasteiger partial charge in [0.25, 0.3) is 0 Å². The molecule has 2 rings (SSSR count). The summed E-state index contributed by atoms with van der Waals surface area (Å²) >= 11 is 0. The average molecular weight is 244 g/mol. The lowest BCUT2D eigenvalue weighted by Crippen LogP contribution is -2.39. The predicted octanol–water partition coefficient (Wildman–Crippen LogP) is 1.72. The number of rotatable bonds is 4. The monoisotopic (exact) mass is 244 g/mol. The van der Waals surface area contributed by atoms with Crippen LogP contribution in [0.3, 0.4) is 0 Å². The number of carbonyl (C=O) groups is 1. The van der Waals surface area contributed by atoms with Crippen molar-refractivity contribution < 1.29 is 4.79 Å². The summed E-state index contributed by atoms with van der Waals surface area (Å²) in [6.45, 7) is 4.19. The van der Waals surface area contributed by atoms with E-state index in [1.807, 2.05) is 44.2 Å². The smallest absolute Gasteiger partial charge is 0.249 e. The summed E-state index contributed by atoms with van der Waals surface area (Å²) in [5.74, 6) is 0.00157. The normalized spacial score (nSPS) is 10.6. The van der Waals surface area contributed by atoms with Crippen LogP contribution in [0.4, 0.5) is 5.69 Å². The number of anilines is 1. The molecule has 1 heterocycles. The van der Waals surface area contributed by atoms with E-state index in [1.165, 1.54) is 11.0 Å². The molecule has 0 fully saturated rings. The molecule has 0 bridgehead atoms. The minimum atomic E-state index is 0.00157. The van der Waals surface area contributed by atoms with Gasteiger partial charge in [0, 0.05) is 11.7 Å². The SMILES string of the molecule is CC(C)N(C(=O)Cn1cncn1)c1ccccc1. The van der Waals surface area contributed by atoms with Gasteiger partial charge < -0.3 is 4.90 Å². The molecule has 1 aromatic heterocycles. The van der Waals surface area contributed by atoms with E-state index in [0.29, 0.717) is 0 Å². The van der Waals surface area contributed by atoms with Crippen molar-refractivity contribution in [2.24, 2.45) is 0 Å². The molecule has 0 saturated carbocycles. The first-order valence-corrected chi connectivity index (χ1v) is 5.88. The molecule has 0 N–H and O–H groups in total. The van der Waals surface area contributed by atoms with Crippen LogP contribution in [0.1, 0.15) is 13.8 Å². The highest BCUT2D eigenvalue weighted by atomic mass is 16.2. The van der Waals surface area contributed by atoms with Gasteiger partial charge in [-0.15, -0.1) is 0 Å². The Morgan fingerprint density at radius 2 is 2.06 bits per heavy atom. The Bertz CT molecular complexity index is 493. The summed E-state index contributed by atoms with van der Waals surface area (Å²) in [6.07, 6.45) is 2.97. The largest absolute Gasteiger partial charge is 0.308 e. The zero-order chi connectivity index (χ0) is 13.0. The molecule has 0 atom stereocenters. The second-order valence-corrected chi connectivity index (χ2v) is 4.29. The molecule has 5 heteroatoms. The molecule has 0 spiro atoms. The van der Waals surface area contributed by atoms with Crippen LogP contribution in [0.15, 0.2) is 43.0 Å². The predicted molar refractivity (Wildman–Crippen MR) is 69.1 cm³/mol. The molecule has 2 aromatic rings. The van der Waals surface area contributed by atoms with Gasteiger partial charge in [0.2, 0.25) is 5.91 Å². The van der Waals surface area contributed by atoms with Crippen LogP contribution in [-0.4, -0.2) is 26.7 Å². The molecule has 94 valence electrons. The van der Waals surface area contributed by atoms with E-state index in [-0.39, 0.29) is 18.5 Å². The topological polar surface area (TPSA) is 51.0 Å². The number of para-hydroxylation sites is 1. The molecular formula is C13H16N4O. The lowest BCUT2D eigenvalue weighted by atomic mass is 10.2. The highest BCUT2D eigenvalue weighted by Crippen LogP contribution is 2.16. The summed E-state index contributed by atoms with van der Waals surface area (Å²) in [7, 11) is 0. The first kappa shape index (κ1) is 12.3. The minimum Gasteiger partial charge on any atom is -0.308 e. The van der Waals surface area contributed by atoms with E-state index < -0.39 is 0 Å². The second kappa shape index (κ2) is 5.44. The van der Waals surface area contributed by atoms with Gasteiger partial charge in [-0.1, -0.05) is 18.2 Å². The van der Waals surface area contributed by atoms with Gasteiger partial charge >= 0.3 is 0 Å². The third-order valence-electron chi connectivity index (χ3n) is 2.58. The summed E-state index contributed by atoms with van der Waals surface area (Å²) in [5, 5.41) is 3.95. The number of hydrogen-bond donors (Lipinski definition) is 0. The fraction of sp³-hybridized carbons (Fsp3) is 0.308. The maximum atomic E-state index is 12.3. The number of carbonyl (C=O) groups excluding carboxylic acids is 1. The minimum absolute atomic E-state index is 0.00157. The van der Waals surface area contributed by atoms with E-state index in [1.54, 1.807) is 11.2 Å². The van der Waals surface area contributed by atoms with Crippen LogP contribution in [0.2, 0.25) is 0 Å². The van der Waals surface area contributed by atoms with Crippen LogP contribution in [0, 0.1) is 0 Å². The first-order valence-electron chi connectivity index (χ1n) is 5.88. The second-order valence-electron chi connectivity index (χ2n) is 4.29. The number of amides is 1. The van der Waals surface area contributed by atoms with E-state index >= 15 is 0 Å². The first-order chi connectivity index (χ1) is 8.68. The number of benzene rings is 1. The van der Waals surface area contributed by atoms with Crippen molar-refractivity contribution in [1.29, 1.82) is 0 Å². The maximum absolute atomic E-state index is 12.3. The van der Waals surface area contributed by atoms with Gasteiger partial charge in [-0.2, -0.15) is 5.10 Å². The maximum Gasteiger partial charge on any atom is 0.249 e. The zero-order valence-electron chi connectivity index (χ0n) is 10.5. The van der Waals surface area contributed by atoms with Crippen LogP contribution in [0.25, 0.3) is 0 Å². The molecule has 18 heavy (non-hydrogen) atoms. The van der Waals surface area contributed by atoms with Crippen LogP contribution in [-0.2, 0) is 11.3 Å². The van der Waals surface area contributed by atoms with Crippen molar-refractivity contribution >= 4 is 11.6 Å². The van der Waals surface area contributed by atoms with Crippen molar-refractivity contribution in [3.05, 3.63) is 43.0 Å². The van der Waals surface area contributed by atoms with Crippen molar-refractivity contribution in [2.75, 3.05) is 4.90 Å². The van der Waals surface area contributed by atoms with E-state index in [9.17, 15) is 4.79 Å². The highest BCUT2D eigenvalue weighted by Gasteiger charge is 2.19. The highest BCUT2D eigenvalue weighted by molar-refractivity contribution is 5.93. The van der Waals surface area contributed by atoms with Gasteiger partial charge in [-0.25, -0.2) is 9.67 Å². The molecular weight excluding hydrogens is 228 g/mol. The fourth-order valence-corrected chi connectivity index (χ4v) is 1.85. The summed E-state index contributed by atoms with van der Waals surface area (Å²) in [5.41, 5.74) is 0.901. The van der Waals surface area contributed by atoms with Gasteiger partial charge in [0.05, 0.1) is 0 Å². The lowest BCUT2D eigenvalue weighted by molar-refractivity contribution is -0.119. The Morgan fingerprint density at radius 3 is 2.61 bits per heavy atom. The van der Waals surface area contributed by atoms with Gasteiger partial charge in [0.1, 0.15) is 19.2 Å². The third-order valence-corrected chi connectivity index (χ3v) is 2.58. The summed E-state index contributed by atoms with van der Waals surface area (Å²) in [6, 6.07) is 9.74. The molecule has 0 aliphatic heterocycles. The van der Waals surface area contributed by atoms with Gasteiger partial charge in [-0.3, -0.25) is 4.79 Å². The zero-order valence-corrected chi connectivity index (χ0v) is 10.5. The molecule has 0 aliphatic carbocycles. The number of nitrogens with zero attached hydrogens (tertiary/aromatic N) is 4. The lowest BCUT2D eigenvalue weighted by Gasteiger charge is -2.26. The van der Waals surface area contributed by atoms with Crippen LogP contribution >= 0.6 is 0 Å². The van der Waals surface area contributed by atoms with Crippen molar-refractivity contribution in [3.8, 4) is 0 Å². The van der Waals surface area contributed by atoms with E-state index in [2.05, 4.69) is 10.1 Å². The molecule has 1 aromatic carbocycles. The molecule has 0 saturated heterocycles. The third kappa shape index (κ3) is 2.74. The average Bonchev–Trinajstić information content (AvgIpc) is 2.83. The molecule has 5 nitrogen and oxygen atoms in total.